The van der Waals surface area contributed by atoms with Gasteiger partial charge in [-0.15, -0.1) is 0 Å². The first-order valence-corrected chi connectivity index (χ1v) is 6.31. The van der Waals surface area contributed by atoms with Gasteiger partial charge in [0.15, 0.2) is 6.79 Å². The quantitative estimate of drug-likeness (QED) is 0.270. The number of hydrogen-bond acceptors (Lipinski definition) is 6. The zero-order chi connectivity index (χ0) is 15.4. The molecule has 0 rings (SSSR count). The number of rotatable bonds is 10. The van der Waals surface area contributed by atoms with Crippen LogP contribution in [-0.2, 0) is 28.6 Å². The first-order valence-electron chi connectivity index (χ1n) is 6.31. The number of ether oxygens (including phenoxy) is 3. The lowest BCUT2D eigenvalue weighted by atomic mass is 10.1. The fraction of sp³-hybridized carbons (Fsp3) is 0.615. The molecule has 0 aliphatic rings. The van der Waals surface area contributed by atoms with Gasteiger partial charge in [-0.25, -0.2) is 4.79 Å². The number of esters is 2. The van der Waals surface area contributed by atoms with Gasteiger partial charge in [0.25, 0.3) is 0 Å². The van der Waals surface area contributed by atoms with E-state index in [1.165, 1.54) is 0 Å². The summed E-state index contributed by atoms with van der Waals surface area (Å²) in [7, 11) is 0. The molecule has 0 radical (unpaired) electrons. The fourth-order valence-corrected chi connectivity index (χ4v) is 0.995. The summed E-state index contributed by atoms with van der Waals surface area (Å²) < 4.78 is 14.3. The van der Waals surface area contributed by atoms with Gasteiger partial charge in [-0.3, -0.25) is 9.59 Å². The highest BCUT2D eigenvalue weighted by molar-refractivity contribution is 5.81. The van der Waals surface area contributed by atoms with Crippen molar-refractivity contribution in [2.75, 3.05) is 26.6 Å². The molecular weight excluding hydrogens is 266 g/mol. The third-order valence-corrected chi connectivity index (χ3v) is 2.37. The highest BCUT2D eigenvalue weighted by Gasteiger charge is 2.11. The maximum absolute atomic E-state index is 11.3. The van der Waals surface area contributed by atoms with Gasteiger partial charge in [-0.05, 0) is 6.42 Å². The monoisotopic (exact) mass is 287 g/mol. The van der Waals surface area contributed by atoms with Gasteiger partial charge in [-0.2, -0.15) is 0 Å². The van der Waals surface area contributed by atoms with E-state index in [0.717, 1.165) is 6.08 Å². The normalized spacial score (nSPS) is 11.3. The largest absolute Gasteiger partial charge is 0.461 e. The second-order valence-corrected chi connectivity index (χ2v) is 3.96. The summed E-state index contributed by atoms with van der Waals surface area (Å²) in [5.74, 6) is -1.48. The average Bonchev–Trinajstić information content (AvgIpc) is 2.46. The molecule has 0 aromatic rings. The lowest BCUT2D eigenvalue weighted by Crippen LogP contribution is -2.31. The third kappa shape index (κ3) is 9.09. The number of carbonyl (C=O) groups is 3. The minimum Gasteiger partial charge on any atom is -0.461 e. The summed E-state index contributed by atoms with van der Waals surface area (Å²) in [6.45, 7) is 6.59. The Bertz CT molecular complexity index is 342. The molecule has 0 aliphatic heterocycles. The van der Waals surface area contributed by atoms with E-state index in [0.29, 0.717) is 6.42 Å². The van der Waals surface area contributed by atoms with Crippen LogP contribution < -0.4 is 5.32 Å². The summed E-state index contributed by atoms with van der Waals surface area (Å²) in [6, 6.07) is 0. The Morgan fingerprint density at radius 1 is 1.30 bits per heavy atom. The van der Waals surface area contributed by atoms with Gasteiger partial charge in [0.2, 0.25) is 5.91 Å². The molecular formula is C13H21NO6. The Morgan fingerprint density at radius 3 is 2.60 bits per heavy atom. The SMILES string of the molecule is C=CC(=O)OCCNC(=O)COCOC(=O)C(C)CC. The summed E-state index contributed by atoms with van der Waals surface area (Å²) in [4.78, 5) is 33.2. The molecule has 0 spiro atoms. The van der Waals surface area contributed by atoms with Crippen molar-refractivity contribution in [3.05, 3.63) is 12.7 Å². The summed E-state index contributed by atoms with van der Waals surface area (Å²) >= 11 is 0. The zero-order valence-electron chi connectivity index (χ0n) is 11.8. The minimum absolute atomic E-state index is 0.0552. The zero-order valence-corrected chi connectivity index (χ0v) is 11.8. The molecule has 1 amide bonds. The lowest BCUT2D eigenvalue weighted by Gasteiger charge is -2.09. The van der Waals surface area contributed by atoms with Crippen LogP contribution in [0.25, 0.3) is 0 Å². The molecule has 0 aromatic carbocycles. The molecule has 7 nitrogen and oxygen atoms in total. The Balaban J connectivity index is 3.52. The maximum Gasteiger partial charge on any atom is 0.330 e. The van der Waals surface area contributed by atoms with Crippen molar-refractivity contribution in [2.24, 2.45) is 5.92 Å². The molecule has 0 fully saturated rings. The van der Waals surface area contributed by atoms with Crippen molar-refractivity contribution in [3.8, 4) is 0 Å². The van der Waals surface area contributed by atoms with Crippen molar-refractivity contribution < 1.29 is 28.6 Å². The van der Waals surface area contributed by atoms with Gasteiger partial charge in [-0.1, -0.05) is 20.4 Å². The predicted octanol–water partition coefficient (Wildman–Crippen LogP) is 0.395. The maximum atomic E-state index is 11.3. The Kier molecular flexibility index (Phi) is 9.94. The van der Waals surface area contributed by atoms with Crippen LogP contribution in [0.1, 0.15) is 20.3 Å². The molecule has 1 unspecified atom stereocenters. The number of amides is 1. The van der Waals surface area contributed by atoms with Gasteiger partial charge < -0.3 is 19.5 Å². The fourth-order valence-electron chi connectivity index (χ4n) is 0.995. The molecule has 0 bridgehead atoms. The van der Waals surface area contributed by atoms with Crippen molar-refractivity contribution >= 4 is 17.8 Å². The van der Waals surface area contributed by atoms with E-state index in [9.17, 15) is 14.4 Å². The van der Waals surface area contributed by atoms with Crippen molar-refractivity contribution in [3.63, 3.8) is 0 Å². The van der Waals surface area contributed by atoms with E-state index < -0.39 is 5.97 Å². The van der Waals surface area contributed by atoms with Gasteiger partial charge >= 0.3 is 11.9 Å². The number of hydrogen-bond donors (Lipinski definition) is 1. The highest BCUT2D eigenvalue weighted by atomic mass is 16.7. The third-order valence-electron chi connectivity index (χ3n) is 2.37. The van der Waals surface area contributed by atoms with Crippen LogP contribution in [0.4, 0.5) is 0 Å². The van der Waals surface area contributed by atoms with Crippen LogP contribution in [0.5, 0.6) is 0 Å². The topological polar surface area (TPSA) is 90.9 Å². The molecule has 1 N–H and O–H groups in total. The summed E-state index contributed by atoms with van der Waals surface area (Å²) in [5, 5.41) is 2.47. The molecule has 0 aliphatic carbocycles. The first kappa shape index (κ1) is 18.1. The van der Waals surface area contributed by atoms with E-state index in [-0.39, 0.29) is 44.3 Å². The van der Waals surface area contributed by atoms with Crippen molar-refractivity contribution in [1.29, 1.82) is 0 Å². The summed E-state index contributed by atoms with van der Waals surface area (Å²) in [5.41, 5.74) is 0. The van der Waals surface area contributed by atoms with Crippen LogP contribution >= 0.6 is 0 Å². The Morgan fingerprint density at radius 2 is 2.00 bits per heavy atom. The Hall–Kier alpha value is -1.89. The van der Waals surface area contributed by atoms with E-state index in [4.69, 9.17) is 9.47 Å². The van der Waals surface area contributed by atoms with Crippen LogP contribution in [-0.4, -0.2) is 44.4 Å². The second kappa shape index (κ2) is 11.0. The van der Waals surface area contributed by atoms with Crippen LogP contribution in [0, 0.1) is 5.92 Å². The van der Waals surface area contributed by atoms with Crippen molar-refractivity contribution in [1.82, 2.24) is 5.32 Å². The number of carbonyl (C=O) groups excluding carboxylic acids is 3. The number of nitrogens with one attached hydrogen (secondary N) is 1. The van der Waals surface area contributed by atoms with Crippen LogP contribution in [0.2, 0.25) is 0 Å². The van der Waals surface area contributed by atoms with Crippen LogP contribution in [0.15, 0.2) is 12.7 Å². The van der Waals surface area contributed by atoms with Crippen LogP contribution in [0.3, 0.4) is 0 Å². The molecule has 0 heterocycles. The van der Waals surface area contributed by atoms with Gasteiger partial charge in [0.1, 0.15) is 13.2 Å². The van der Waals surface area contributed by atoms with Crippen molar-refractivity contribution in [2.45, 2.75) is 20.3 Å². The lowest BCUT2D eigenvalue weighted by molar-refractivity contribution is -0.162. The molecule has 1 atom stereocenters. The molecule has 0 saturated carbocycles. The molecule has 114 valence electrons. The van der Waals surface area contributed by atoms with E-state index in [2.05, 4.69) is 16.6 Å². The minimum atomic E-state index is -0.549. The summed E-state index contributed by atoms with van der Waals surface area (Å²) in [6.07, 6.45) is 1.72. The van der Waals surface area contributed by atoms with Gasteiger partial charge in [0.05, 0.1) is 12.5 Å². The molecule has 0 saturated heterocycles. The van der Waals surface area contributed by atoms with E-state index in [1.54, 1.807) is 6.92 Å². The molecule has 0 aromatic heterocycles. The Labute approximate surface area is 118 Å². The molecule has 20 heavy (non-hydrogen) atoms. The standard InChI is InChI=1S/C13H21NO6/c1-4-10(3)13(17)20-9-18-8-11(15)14-6-7-19-12(16)5-2/h5,10H,2,4,6-9H2,1,3H3,(H,14,15). The molecule has 7 heteroatoms. The van der Waals surface area contributed by atoms with E-state index >= 15 is 0 Å². The van der Waals surface area contributed by atoms with Gasteiger partial charge in [0, 0.05) is 6.08 Å². The smallest absolute Gasteiger partial charge is 0.330 e. The van der Waals surface area contributed by atoms with E-state index in [1.807, 2.05) is 6.92 Å². The second-order valence-electron chi connectivity index (χ2n) is 3.96. The average molecular weight is 287 g/mol. The highest BCUT2D eigenvalue weighted by Crippen LogP contribution is 2.02. The predicted molar refractivity (Wildman–Crippen MR) is 70.5 cm³/mol. The first-order chi connectivity index (χ1) is 9.51.